The van der Waals surface area contributed by atoms with E-state index in [0.717, 1.165) is 16.8 Å². The van der Waals surface area contributed by atoms with Crippen LogP contribution in [-0.4, -0.2) is 38.7 Å². The van der Waals surface area contributed by atoms with Crippen molar-refractivity contribution in [1.29, 1.82) is 0 Å². The van der Waals surface area contributed by atoms with Crippen molar-refractivity contribution in [3.63, 3.8) is 0 Å². The van der Waals surface area contributed by atoms with E-state index in [1.807, 2.05) is 69.3 Å². The molecule has 1 N–H and O–H groups in total. The lowest BCUT2D eigenvalue weighted by Crippen LogP contribution is -2.24. The SMILES string of the molecule is Cc1cccc(C(C)C)c1NC(=O)COC(=O)/C(=C/c1ccco1)n1nnnc1-c1ccccc1. The molecule has 4 aromatic rings. The molecule has 0 aliphatic carbocycles. The molecule has 0 bridgehead atoms. The predicted molar refractivity (Wildman–Crippen MR) is 131 cm³/mol. The van der Waals surface area contributed by atoms with E-state index < -0.39 is 18.5 Å². The van der Waals surface area contributed by atoms with Gasteiger partial charge in [0.2, 0.25) is 0 Å². The molecule has 0 unspecified atom stereocenters. The zero-order valence-electron chi connectivity index (χ0n) is 19.6. The van der Waals surface area contributed by atoms with Gasteiger partial charge in [-0.3, -0.25) is 4.79 Å². The van der Waals surface area contributed by atoms with Crippen molar-refractivity contribution in [3.05, 3.63) is 83.8 Å². The van der Waals surface area contributed by atoms with Crippen LogP contribution in [0.3, 0.4) is 0 Å². The fourth-order valence-corrected chi connectivity index (χ4v) is 3.55. The summed E-state index contributed by atoms with van der Waals surface area (Å²) in [6, 6.07) is 18.4. The Morgan fingerprint density at radius 1 is 1.09 bits per heavy atom. The number of carbonyl (C=O) groups excluding carboxylic acids is 2. The molecule has 1 amide bonds. The number of anilines is 1. The summed E-state index contributed by atoms with van der Waals surface area (Å²) >= 11 is 0. The van der Waals surface area contributed by atoms with Crippen LogP contribution in [0.2, 0.25) is 0 Å². The lowest BCUT2D eigenvalue weighted by atomic mass is 9.98. The summed E-state index contributed by atoms with van der Waals surface area (Å²) in [5, 5.41) is 14.6. The van der Waals surface area contributed by atoms with E-state index in [1.54, 1.807) is 12.1 Å². The second kappa shape index (κ2) is 10.6. The van der Waals surface area contributed by atoms with Crippen LogP contribution in [0.1, 0.15) is 36.7 Å². The van der Waals surface area contributed by atoms with Gasteiger partial charge in [-0.25, -0.2) is 4.79 Å². The third-order valence-electron chi connectivity index (χ3n) is 5.29. The third-order valence-corrected chi connectivity index (χ3v) is 5.29. The van der Waals surface area contributed by atoms with E-state index in [4.69, 9.17) is 9.15 Å². The number of para-hydroxylation sites is 1. The van der Waals surface area contributed by atoms with Gasteiger partial charge in [0.1, 0.15) is 5.76 Å². The zero-order chi connectivity index (χ0) is 24.8. The smallest absolute Gasteiger partial charge is 0.357 e. The van der Waals surface area contributed by atoms with Crippen LogP contribution in [0, 0.1) is 6.92 Å². The number of esters is 1. The van der Waals surface area contributed by atoms with Gasteiger partial charge in [-0.1, -0.05) is 62.4 Å². The van der Waals surface area contributed by atoms with Gasteiger partial charge in [-0.2, -0.15) is 4.68 Å². The van der Waals surface area contributed by atoms with E-state index in [0.29, 0.717) is 17.1 Å². The zero-order valence-corrected chi connectivity index (χ0v) is 19.6. The van der Waals surface area contributed by atoms with Gasteiger partial charge in [0, 0.05) is 17.3 Å². The lowest BCUT2D eigenvalue weighted by Gasteiger charge is -2.16. The molecule has 0 saturated heterocycles. The number of nitrogens with one attached hydrogen (secondary N) is 1. The topological polar surface area (TPSA) is 112 Å². The van der Waals surface area contributed by atoms with Crippen molar-refractivity contribution < 1.29 is 18.7 Å². The number of hydrogen-bond donors (Lipinski definition) is 1. The Hall–Kier alpha value is -4.53. The van der Waals surface area contributed by atoms with E-state index in [1.165, 1.54) is 17.0 Å². The summed E-state index contributed by atoms with van der Waals surface area (Å²) in [5.74, 6) is -0.280. The summed E-state index contributed by atoms with van der Waals surface area (Å²) in [5.41, 5.74) is 3.35. The normalized spacial score (nSPS) is 11.5. The Balaban J connectivity index is 1.56. The molecule has 0 aliphatic heterocycles. The van der Waals surface area contributed by atoms with E-state index >= 15 is 0 Å². The van der Waals surface area contributed by atoms with Gasteiger partial charge >= 0.3 is 5.97 Å². The minimum absolute atomic E-state index is 0.00429. The minimum Gasteiger partial charge on any atom is -0.465 e. The van der Waals surface area contributed by atoms with Crippen molar-refractivity contribution >= 4 is 29.3 Å². The Kier molecular flexibility index (Phi) is 7.15. The molecule has 2 heterocycles. The molecule has 0 atom stereocenters. The lowest BCUT2D eigenvalue weighted by molar-refractivity contribution is -0.141. The van der Waals surface area contributed by atoms with Gasteiger partial charge in [-0.05, 0) is 46.5 Å². The van der Waals surface area contributed by atoms with Gasteiger partial charge in [0.25, 0.3) is 5.91 Å². The highest BCUT2D eigenvalue weighted by molar-refractivity contribution is 6.16. The molecular weight excluding hydrogens is 446 g/mol. The molecule has 9 nitrogen and oxygen atoms in total. The molecule has 0 saturated carbocycles. The molecule has 35 heavy (non-hydrogen) atoms. The van der Waals surface area contributed by atoms with Crippen molar-refractivity contribution in [2.24, 2.45) is 0 Å². The maximum absolute atomic E-state index is 13.1. The monoisotopic (exact) mass is 471 g/mol. The first-order chi connectivity index (χ1) is 16.9. The molecule has 9 heteroatoms. The van der Waals surface area contributed by atoms with Gasteiger partial charge < -0.3 is 14.5 Å². The number of aryl methyl sites for hydroxylation is 1. The summed E-state index contributed by atoms with van der Waals surface area (Å²) in [6.07, 6.45) is 2.94. The fraction of sp³-hybridized carbons (Fsp3) is 0.192. The molecule has 178 valence electrons. The molecule has 0 aliphatic rings. The number of furan rings is 1. The largest absolute Gasteiger partial charge is 0.465 e. The molecule has 0 fully saturated rings. The average molecular weight is 472 g/mol. The standard InChI is InChI=1S/C26H25N5O4/c1-17(2)21-13-7-9-18(3)24(21)27-23(32)16-35-26(33)22(15-20-12-8-14-34-20)31-25(28-29-30-31)19-10-5-4-6-11-19/h4-15,17H,16H2,1-3H3,(H,27,32)/b22-15-. The van der Waals surface area contributed by atoms with Gasteiger partial charge in [0.05, 0.1) is 6.26 Å². The second-order valence-electron chi connectivity index (χ2n) is 8.14. The molecule has 0 spiro atoms. The highest BCUT2D eigenvalue weighted by Gasteiger charge is 2.22. The summed E-state index contributed by atoms with van der Waals surface area (Å²) in [4.78, 5) is 25.8. The Labute approximate surface area is 202 Å². The average Bonchev–Trinajstić information content (AvgIpc) is 3.55. The molecule has 2 aromatic heterocycles. The van der Waals surface area contributed by atoms with Crippen molar-refractivity contribution in [2.75, 3.05) is 11.9 Å². The van der Waals surface area contributed by atoms with E-state index in [9.17, 15) is 9.59 Å². The Bertz CT molecular complexity index is 1340. The number of ether oxygens (including phenoxy) is 1. The van der Waals surface area contributed by atoms with Crippen LogP contribution in [0.25, 0.3) is 23.2 Å². The van der Waals surface area contributed by atoms with Gasteiger partial charge in [-0.15, -0.1) is 5.10 Å². The summed E-state index contributed by atoms with van der Waals surface area (Å²) < 4.78 is 12.0. The van der Waals surface area contributed by atoms with E-state index in [-0.39, 0.29) is 11.6 Å². The third kappa shape index (κ3) is 5.52. The number of rotatable bonds is 8. The minimum atomic E-state index is -0.783. The Morgan fingerprint density at radius 2 is 1.89 bits per heavy atom. The molecule has 0 radical (unpaired) electrons. The number of tetrazole rings is 1. The number of hydrogen-bond acceptors (Lipinski definition) is 7. The second-order valence-corrected chi connectivity index (χ2v) is 8.14. The van der Waals surface area contributed by atoms with Crippen LogP contribution in [0.4, 0.5) is 5.69 Å². The first kappa shape index (κ1) is 23.6. The van der Waals surface area contributed by atoms with Crippen LogP contribution in [-0.2, 0) is 14.3 Å². The van der Waals surface area contributed by atoms with Crippen molar-refractivity contribution in [2.45, 2.75) is 26.7 Å². The number of aromatic nitrogens is 4. The van der Waals surface area contributed by atoms with Crippen LogP contribution in [0.15, 0.2) is 71.3 Å². The highest BCUT2D eigenvalue weighted by atomic mass is 16.5. The van der Waals surface area contributed by atoms with Crippen LogP contribution < -0.4 is 5.32 Å². The fourth-order valence-electron chi connectivity index (χ4n) is 3.55. The molecular formula is C26H25N5O4. The van der Waals surface area contributed by atoms with Crippen molar-refractivity contribution in [1.82, 2.24) is 20.2 Å². The summed E-state index contributed by atoms with van der Waals surface area (Å²) in [6.45, 7) is 5.53. The van der Waals surface area contributed by atoms with Gasteiger partial charge in [0.15, 0.2) is 18.1 Å². The number of benzene rings is 2. The molecule has 2 aromatic carbocycles. The first-order valence-electron chi connectivity index (χ1n) is 11.1. The van der Waals surface area contributed by atoms with Crippen molar-refractivity contribution in [3.8, 4) is 11.4 Å². The van der Waals surface area contributed by atoms with Crippen LogP contribution >= 0.6 is 0 Å². The molecule has 4 rings (SSSR count). The predicted octanol–water partition coefficient (Wildman–Crippen LogP) is 4.54. The number of nitrogens with zero attached hydrogens (tertiary/aromatic N) is 4. The number of amides is 1. The first-order valence-corrected chi connectivity index (χ1v) is 11.1. The maximum atomic E-state index is 13.1. The highest BCUT2D eigenvalue weighted by Crippen LogP contribution is 2.27. The van der Waals surface area contributed by atoms with E-state index in [2.05, 4.69) is 20.8 Å². The quantitative estimate of drug-likeness (QED) is 0.296. The van der Waals surface area contributed by atoms with Crippen LogP contribution in [0.5, 0.6) is 0 Å². The summed E-state index contributed by atoms with van der Waals surface area (Å²) in [7, 11) is 0. The Morgan fingerprint density at radius 3 is 2.60 bits per heavy atom. The maximum Gasteiger partial charge on any atom is 0.357 e. The number of carbonyl (C=O) groups is 2.